The lowest BCUT2D eigenvalue weighted by atomic mass is 10.1. The molecule has 0 unspecified atom stereocenters. The van der Waals surface area contributed by atoms with Crippen LogP contribution in [0.3, 0.4) is 0 Å². The van der Waals surface area contributed by atoms with Crippen LogP contribution in [0, 0.1) is 13.8 Å². The fourth-order valence-corrected chi connectivity index (χ4v) is 2.52. The lowest BCUT2D eigenvalue weighted by Gasteiger charge is -2.10. The predicted molar refractivity (Wildman–Crippen MR) is 97.4 cm³/mol. The average molecular weight is 362 g/mol. The van der Waals surface area contributed by atoms with Crippen molar-refractivity contribution in [1.29, 1.82) is 0 Å². The van der Waals surface area contributed by atoms with Crippen molar-refractivity contribution in [2.45, 2.75) is 20.3 Å². The van der Waals surface area contributed by atoms with E-state index in [4.69, 9.17) is 16.3 Å². The van der Waals surface area contributed by atoms with Crippen LogP contribution in [-0.2, 0) is 9.53 Å². The molecule has 6 heteroatoms. The number of halogens is 1. The lowest BCUT2D eigenvalue weighted by molar-refractivity contribution is -0.116. The van der Waals surface area contributed by atoms with Crippen LogP contribution in [0.25, 0.3) is 0 Å². The van der Waals surface area contributed by atoms with Crippen LogP contribution >= 0.6 is 11.6 Å². The van der Waals surface area contributed by atoms with Gasteiger partial charge in [-0.25, -0.2) is 4.79 Å². The van der Waals surface area contributed by atoms with Crippen LogP contribution in [0.2, 0.25) is 5.02 Å². The van der Waals surface area contributed by atoms with Crippen molar-refractivity contribution < 1.29 is 19.1 Å². The van der Waals surface area contributed by atoms with Crippen LogP contribution in [-0.4, -0.2) is 25.6 Å². The summed E-state index contributed by atoms with van der Waals surface area (Å²) in [5.41, 5.74) is 2.88. The Morgan fingerprint density at radius 3 is 2.40 bits per heavy atom. The number of methoxy groups -OCH3 is 1. The largest absolute Gasteiger partial charge is 0.493 e. The van der Waals surface area contributed by atoms with E-state index in [0.717, 1.165) is 16.9 Å². The number of carbonyl (C=O) groups is 2. The third kappa shape index (κ3) is 5.50. The molecule has 132 valence electrons. The van der Waals surface area contributed by atoms with Crippen molar-refractivity contribution in [2.75, 3.05) is 19.0 Å². The molecule has 1 amide bonds. The fourth-order valence-electron chi connectivity index (χ4n) is 2.36. The number of amides is 1. The third-order valence-electron chi connectivity index (χ3n) is 3.45. The van der Waals surface area contributed by atoms with E-state index in [-0.39, 0.29) is 18.9 Å². The van der Waals surface area contributed by atoms with Crippen molar-refractivity contribution in [3.05, 3.63) is 58.1 Å². The van der Waals surface area contributed by atoms with Crippen LogP contribution in [0.4, 0.5) is 5.69 Å². The van der Waals surface area contributed by atoms with Crippen molar-refractivity contribution in [3.8, 4) is 5.75 Å². The average Bonchev–Trinajstić information content (AvgIpc) is 2.55. The second kappa shape index (κ2) is 8.53. The maximum atomic E-state index is 12.1. The minimum absolute atomic E-state index is 0.159. The van der Waals surface area contributed by atoms with E-state index in [1.54, 1.807) is 0 Å². The molecule has 0 heterocycles. The smallest absolute Gasteiger partial charge is 0.337 e. The van der Waals surface area contributed by atoms with E-state index in [1.807, 2.05) is 26.0 Å². The Balaban J connectivity index is 1.93. The van der Waals surface area contributed by atoms with Gasteiger partial charge in [0.05, 0.1) is 36.4 Å². The molecule has 0 atom stereocenters. The summed E-state index contributed by atoms with van der Waals surface area (Å²) in [7, 11) is 1.29. The number of rotatable bonds is 6. The summed E-state index contributed by atoms with van der Waals surface area (Å²) in [6, 6.07) is 10.4. The van der Waals surface area contributed by atoms with Crippen LogP contribution in [0.5, 0.6) is 5.75 Å². The molecule has 0 saturated carbocycles. The normalized spacial score (nSPS) is 10.2. The zero-order valence-corrected chi connectivity index (χ0v) is 15.1. The molecule has 5 nitrogen and oxygen atoms in total. The Hall–Kier alpha value is -2.53. The number of ether oxygens (including phenoxy) is 2. The zero-order valence-electron chi connectivity index (χ0n) is 14.4. The summed E-state index contributed by atoms with van der Waals surface area (Å²) < 4.78 is 10.3. The van der Waals surface area contributed by atoms with Crippen molar-refractivity contribution >= 4 is 29.2 Å². The topological polar surface area (TPSA) is 64.6 Å². The number of anilines is 1. The number of benzene rings is 2. The highest BCUT2D eigenvalue weighted by Gasteiger charge is 2.11. The number of hydrogen-bond donors (Lipinski definition) is 1. The number of esters is 1. The summed E-state index contributed by atoms with van der Waals surface area (Å²) >= 11 is 6.05. The summed E-state index contributed by atoms with van der Waals surface area (Å²) in [5, 5.41) is 3.02. The Morgan fingerprint density at radius 1 is 1.08 bits per heavy atom. The van der Waals surface area contributed by atoms with Gasteiger partial charge in [0, 0.05) is 0 Å². The van der Waals surface area contributed by atoms with Gasteiger partial charge in [-0.05, 0) is 55.3 Å². The monoisotopic (exact) mass is 361 g/mol. The second-order valence-corrected chi connectivity index (χ2v) is 6.06. The van der Waals surface area contributed by atoms with E-state index < -0.39 is 5.97 Å². The molecule has 0 aliphatic heterocycles. The Morgan fingerprint density at radius 2 is 1.76 bits per heavy atom. The Kier molecular flexibility index (Phi) is 6.42. The summed E-state index contributed by atoms with van der Waals surface area (Å²) in [6.07, 6.45) is 0.159. The lowest BCUT2D eigenvalue weighted by Crippen LogP contribution is -2.16. The molecular weight excluding hydrogens is 342 g/mol. The van der Waals surface area contributed by atoms with Gasteiger partial charge in [-0.2, -0.15) is 0 Å². The Bertz CT molecular complexity index is 769. The van der Waals surface area contributed by atoms with Crippen molar-refractivity contribution in [3.63, 3.8) is 0 Å². The number of nitrogens with one attached hydrogen (secondary N) is 1. The van der Waals surface area contributed by atoms with Gasteiger partial charge in [0.1, 0.15) is 5.75 Å². The first-order valence-electron chi connectivity index (χ1n) is 7.78. The molecule has 0 aromatic heterocycles. The van der Waals surface area contributed by atoms with Gasteiger partial charge < -0.3 is 14.8 Å². The van der Waals surface area contributed by atoms with Gasteiger partial charge >= 0.3 is 5.97 Å². The number of carbonyl (C=O) groups excluding carboxylic acids is 2. The van der Waals surface area contributed by atoms with Gasteiger partial charge in [-0.3, -0.25) is 4.79 Å². The standard InChI is InChI=1S/C19H20ClNO4/c1-12-8-13(2)10-15(9-12)25-7-6-18(22)21-17-11-14(19(23)24-3)4-5-16(17)20/h4-5,8-11H,6-7H2,1-3H3,(H,21,22). The first-order valence-corrected chi connectivity index (χ1v) is 8.15. The van der Waals surface area contributed by atoms with Gasteiger partial charge in [-0.1, -0.05) is 17.7 Å². The highest BCUT2D eigenvalue weighted by atomic mass is 35.5. The van der Waals surface area contributed by atoms with Crippen LogP contribution in [0.1, 0.15) is 27.9 Å². The molecule has 0 spiro atoms. The maximum absolute atomic E-state index is 12.1. The highest BCUT2D eigenvalue weighted by Crippen LogP contribution is 2.23. The van der Waals surface area contributed by atoms with Gasteiger partial charge in [-0.15, -0.1) is 0 Å². The third-order valence-corrected chi connectivity index (χ3v) is 3.78. The number of hydrogen-bond acceptors (Lipinski definition) is 4. The molecule has 2 aromatic carbocycles. The molecule has 0 aliphatic rings. The minimum Gasteiger partial charge on any atom is -0.493 e. The quantitative estimate of drug-likeness (QED) is 0.785. The zero-order chi connectivity index (χ0) is 18.4. The summed E-state index contributed by atoms with van der Waals surface area (Å²) in [6.45, 7) is 4.22. The van der Waals surface area contributed by atoms with Gasteiger partial charge in [0.25, 0.3) is 0 Å². The summed E-state index contributed by atoms with van der Waals surface area (Å²) in [5.74, 6) is -0.0189. The molecule has 2 aromatic rings. The van der Waals surface area contributed by atoms with E-state index >= 15 is 0 Å². The summed E-state index contributed by atoms with van der Waals surface area (Å²) in [4.78, 5) is 23.6. The van der Waals surface area contributed by atoms with E-state index in [9.17, 15) is 9.59 Å². The van der Waals surface area contributed by atoms with Crippen molar-refractivity contribution in [1.82, 2.24) is 0 Å². The molecule has 2 rings (SSSR count). The molecule has 0 bridgehead atoms. The first kappa shape index (κ1) is 18.8. The fraction of sp³-hybridized carbons (Fsp3) is 0.263. The molecular formula is C19H20ClNO4. The van der Waals surface area contributed by atoms with Crippen LogP contribution in [0.15, 0.2) is 36.4 Å². The first-order chi connectivity index (χ1) is 11.9. The molecule has 0 radical (unpaired) electrons. The predicted octanol–water partition coefficient (Wildman–Crippen LogP) is 4.15. The molecule has 1 N–H and O–H groups in total. The van der Waals surface area contributed by atoms with Gasteiger partial charge in [0.15, 0.2) is 0 Å². The maximum Gasteiger partial charge on any atom is 0.337 e. The molecule has 25 heavy (non-hydrogen) atoms. The molecule has 0 fully saturated rings. The van der Waals surface area contributed by atoms with E-state index in [1.165, 1.54) is 25.3 Å². The molecule has 0 saturated heterocycles. The highest BCUT2D eigenvalue weighted by molar-refractivity contribution is 6.33. The van der Waals surface area contributed by atoms with Crippen molar-refractivity contribution in [2.24, 2.45) is 0 Å². The minimum atomic E-state index is -0.495. The number of aryl methyl sites for hydroxylation is 2. The Labute approximate surface area is 151 Å². The van der Waals surface area contributed by atoms with Gasteiger partial charge in [0.2, 0.25) is 5.91 Å². The van der Waals surface area contributed by atoms with E-state index in [2.05, 4.69) is 16.1 Å². The van der Waals surface area contributed by atoms with Crippen LogP contribution < -0.4 is 10.1 Å². The SMILES string of the molecule is COC(=O)c1ccc(Cl)c(NC(=O)CCOc2cc(C)cc(C)c2)c1. The van der Waals surface area contributed by atoms with E-state index in [0.29, 0.717) is 16.3 Å². The molecule has 0 aliphatic carbocycles. The second-order valence-electron chi connectivity index (χ2n) is 5.66.